The highest BCUT2D eigenvalue weighted by atomic mass is 32.2. The first-order valence-corrected chi connectivity index (χ1v) is 9.76. The Labute approximate surface area is 150 Å². The number of Topliss-reactive ketones (excluding diaryl/α,β-unsaturated/α-hetero) is 2. The zero-order valence-electron chi connectivity index (χ0n) is 14.8. The monoisotopic (exact) mass is 358 g/mol. The lowest BCUT2D eigenvalue weighted by molar-refractivity contribution is 0.101. The molecular formula is C18H22N4O2S. The van der Waals surface area contributed by atoms with Gasteiger partial charge in [0.2, 0.25) is 0 Å². The van der Waals surface area contributed by atoms with Crippen molar-refractivity contribution in [1.82, 2.24) is 19.7 Å². The molecule has 2 aromatic heterocycles. The summed E-state index contributed by atoms with van der Waals surface area (Å²) in [5, 5.41) is 9.57. The van der Waals surface area contributed by atoms with E-state index in [2.05, 4.69) is 19.7 Å². The Kier molecular flexibility index (Phi) is 4.06. The molecule has 0 amide bonds. The molecular weight excluding hydrogens is 336 g/mol. The van der Waals surface area contributed by atoms with Gasteiger partial charge in [-0.25, -0.2) is 0 Å². The number of rotatable bonds is 7. The van der Waals surface area contributed by atoms with Crippen molar-refractivity contribution < 1.29 is 9.59 Å². The molecule has 4 rings (SSSR count). The highest BCUT2D eigenvalue weighted by molar-refractivity contribution is 7.99. The first-order chi connectivity index (χ1) is 12.0. The summed E-state index contributed by atoms with van der Waals surface area (Å²) in [5.41, 5.74) is 2.68. The molecule has 7 heteroatoms. The Balaban J connectivity index is 1.51. The smallest absolute Gasteiger partial charge is 0.191 e. The average molecular weight is 358 g/mol. The van der Waals surface area contributed by atoms with E-state index >= 15 is 0 Å². The Morgan fingerprint density at radius 2 is 1.92 bits per heavy atom. The molecule has 2 aliphatic carbocycles. The summed E-state index contributed by atoms with van der Waals surface area (Å²) < 4.78 is 2.25. The van der Waals surface area contributed by atoms with Crippen LogP contribution in [0.3, 0.4) is 0 Å². The molecule has 25 heavy (non-hydrogen) atoms. The summed E-state index contributed by atoms with van der Waals surface area (Å²) in [5.74, 6) is 1.94. The molecule has 2 fully saturated rings. The van der Waals surface area contributed by atoms with Crippen molar-refractivity contribution in [3.8, 4) is 0 Å². The van der Waals surface area contributed by atoms with Gasteiger partial charge in [-0.1, -0.05) is 11.8 Å². The summed E-state index contributed by atoms with van der Waals surface area (Å²) in [7, 11) is 0. The van der Waals surface area contributed by atoms with E-state index < -0.39 is 0 Å². The molecule has 2 saturated carbocycles. The number of aromatic nitrogens is 4. The van der Waals surface area contributed by atoms with Gasteiger partial charge in [0.1, 0.15) is 5.82 Å². The number of aromatic amines is 1. The second kappa shape index (κ2) is 6.12. The molecule has 2 aliphatic rings. The van der Waals surface area contributed by atoms with Crippen molar-refractivity contribution in [2.75, 3.05) is 5.75 Å². The van der Waals surface area contributed by atoms with Gasteiger partial charge in [0, 0.05) is 23.2 Å². The molecule has 0 atom stereocenters. The van der Waals surface area contributed by atoms with E-state index in [1.807, 2.05) is 13.8 Å². The zero-order valence-corrected chi connectivity index (χ0v) is 15.6. The predicted octanol–water partition coefficient (Wildman–Crippen LogP) is 3.61. The highest BCUT2D eigenvalue weighted by Crippen LogP contribution is 2.46. The first kappa shape index (κ1) is 16.6. The number of thioether (sulfide) groups is 1. The summed E-state index contributed by atoms with van der Waals surface area (Å²) in [6.45, 7) is 5.19. The molecule has 0 radical (unpaired) electrons. The highest BCUT2D eigenvalue weighted by Gasteiger charge is 2.36. The Bertz CT molecular complexity index is 859. The van der Waals surface area contributed by atoms with Crippen LogP contribution in [0, 0.1) is 13.8 Å². The number of ketones is 2. The van der Waals surface area contributed by atoms with Crippen molar-refractivity contribution >= 4 is 23.3 Å². The maximum atomic E-state index is 12.7. The van der Waals surface area contributed by atoms with E-state index in [1.54, 1.807) is 0 Å². The van der Waals surface area contributed by atoms with Gasteiger partial charge >= 0.3 is 0 Å². The standard InChI is InChI=1S/C18H22N4O2S/c1-9-15(11(3)23)10(2)19-16(9)14(24)8-25-18-21-20-17(12-4-5-12)22(18)13-6-7-13/h12-13,19H,4-8H2,1-3H3. The molecule has 0 aromatic carbocycles. The number of H-pyrrole nitrogens is 1. The van der Waals surface area contributed by atoms with Gasteiger partial charge in [-0.05, 0) is 52.0 Å². The number of nitrogens with zero attached hydrogens (tertiary/aromatic N) is 3. The summed E-state index contributed by atoms with van der Waals surface area (Å²) in [4.78, 5) is 27.5. The summed E-state index contributed by atoms with van der Waals surface area (Å²) in [6.07, 6.45) is 4.75. The van der Waals surface area contributed by atoms with Crippen molar-refractivity contribution in [1.29, 1.82) is 0 Å². The van der Waals surface area contributed by atoms with Crippen LogP contribution >= 0.6 is 11.8 Å². The van der Waals surface area contributed by atoms with E-state index in [0.717, 1.165) is 22.2 Å². The van der Waals surface area contributed by atoms with E-state index in [1.165, 1.54) is 44.4 Å². The van der Waals surface area contributed by atoms with E-state index in [-0.39, 0.29) is 11.6 Å². The van der Waals surface area contributed by atoms with Crippen LogP contribution in [-0.2, 0) is 0 Å². The van der Waals surface area contributed by atoms with E-state index in [9.17, 15) is 9.59 Å². The quantitative estimate of drug-likeness (QED) is 0.604. The first-order valence-electron chi connectivity index (χ1n) is 8.78. The topological polar surface area (TPSA) is 80.6 Å². The van der Waals surface area contributed by atoms with Crippen LogP contribution in [0.15, 0.2) is 5.16 Å². The van der Waals surface area contributed by atoms with Crippen LogP contribution in [0.2, 0.25) is 0 Å². The lowest BCUT2D eigenvalue weighted by Crippen LogP contribution is -2.08. The largest absolute Gasteiger partial charge is 0.355 e. The van der Waals surface area contributed by atoms with Crippen LogP contribution in [-0.4, -0.2) is 37.1 Å². The van der Waals surface area contributed by atoms with Gasteiger partial charge in [0.05, 0.1) is 11.4 Å². The van der Waals surface area contributed by atoms with Crippen molar-refractivity contribution in [2.24, 2.45) is 0 Å². The predicted molar refractivity (Wildman–Crippen MR) is 95.6 cm³/mol. The molecule has 132 valence electrons. The minimum Gasteiger partial charge on any atom is -0.355 e. The van der Waals surface area contributed by atoms with Gasteiger partial charge in [0.25, 0.3) is 0 Å². The van der Waals surface area contributed by atoms with Crippen molar-refractivity contribution in [3.05, 3.63) is 28.3 Å². The molecule has 1 N–H and O–H groups in total. The normalized spacial score (nSPS) is 17.1. The molecule has 0 bridgehead atoms. The van der Waals surface area contributed by atoms with Gasteiger partial charge in [-0.3, -0.25) is 9.59 Å². The maximum absolute atomic E-state index is 12.7. The average Bonchev–Trinajstić information content (AvgIpc) is 3.48. The zero-order chi connectivity index (χ0) is 17.7. The Hall–Kier alpha value is -1.89. The van der Waals surface area contributed by atoms with E-state index in [0.29, 0.717) is 29.0 Å². The van der Waals surface area contributed by atoms with Gasteiger partial charge in [-0.15, -0.1) is 10.2 Å². The second-order valence-electron chi connectivity index (χ2n) is 7.11. The number of aryl methyl sites for hydroxylation is 1. The van der Waals surface area contributed by atoms with Crippen LogP contribution in [0.25, 0.3) is 0 Å². The van der Waals surface area contributed by atoms with Crippen LogP contribution in [0.4, 0.5) is 0 Å². The number of carbonyl (C=O) groups excluding carboxylic acids is 2. The molecule has 0 spiro atoms. The third kappa shape index (κ3) is 3.05. The fourth-order valence-corrected chi connectivity index (χ4v) is 4.33. The third-order valence-corrected chi connectivity index (χ3v) is 5.89. The number of hydrogen-bond acceptors (Lipinski definition) is 5. The lowest BCUT2D eigenvalue weighted by Gasteiger charge is -2.07. The fraction of sp³-hybridized carbons (Fsp3) is 0.556. The van der Waals surface area contributed by atoms with Crippen LogP contribution in [0.5, 0.6) is 0 Å². The molecule has 2 aromatic rings. The Morgan fingerprint density at radius 1 is 1.20 bits per heavy atom. The maximum Gasteiger partial charge on any atom is 0.191 e. The number of carbonyl (C=O) groups is 2. The van der Waals surface area contributed by atoms with Crippen molar-refractivity contribution in [3.63, 3.8) is 0 Å². The second-order valence-corrected chi connectivity index (χ2v) is 8.05. The minimum atomic E-state index is -0.0134. The fourth-order valence-electron chi connectivity index (χ4n) is 3.44. The molecule has 6 nitrogen and oxygen atoms in total. The minimum absolute atomic E-state index is 0.00332. The summed E-state index contributed by atoms with van der Waals surface area (Å²) >= 11 is 1.45. The number of nitrogens with one attached hydrogen (secondary N) is 1. The SMILES string of the molecule is CC(=O)c1c(C)[nH]c(C(=O)CSc2nnc(C3CC3)n2C2CC2)c1C. The summed E-state index contributed by atoms with van der Waals surface area (Å²) in [6, 6.07) is 0.516. The Morgan fingerprint density at radius 3 is 2.48 bits per heavy atom. The van der Waals surface area contributed by atoms with E-state index in [4.69, 9.17) is 0 Å². The van der Waals surface area contributed by atoms with Crippen LogP contribution < -0.4 is 0 Å². The molecule has 0 aliphatic heterocycles. The van der Waals surface area contributed by atoms with Gasteiger partial charge < -0.3 is 9.55 Å². The number of hydrogen-bond donors (Lipinski definition) is 1. The molecule has 0 unspecified atom stereocenters. The third-order valence-electron chi connectivity index (χ3n) is 4.95. The van der Waals surface area contributed by atoms with Crippen LogP contribution in [0.1, 0.15) is 82.5 Å². The van der Waals surface area contributed by atoms with Crippen molar-refractivity contribution in [2.45, 2.75) is 63.6 Å². The van der Waals surface area contributed by atoms with Gasteiger partial charge in [-0.2, -0.15) is 0 Å². The molecule has 2 heterocycles. The lowest BCUT2D eigenvalue weighted by atomic mass is 10.1. The molecule has 0 saturated heterocycles. The van der Waals surface area contributed by atoms with Gasteiger partial charge in [0.15, 0.2) is 16.7 Å².